The minimum Gasteiger partial charge on any atom is -0.373 e. The first kappa shape index (κ1) is 14.2. The van der Waals surface area contributed by atoms with Gasteiger partial charge in [0.2, 0.25) is 0 Å². The zero-order valence-electron chi connectivity index (χ0n) is 11.3. The van der Waals surface area contributed by atoms with Crippen LogP contribution in [-0.4, -0.2) is 12.4 Å². The third-order valence-electron chi connectivity index (χ3n) is 3.72. The van der Waals surface area contributed by atoms with E-state index in [9.17, 15) is 9.18 Å². The Hall–Kier alpha value is -1.71. The Bertz CT molecular complexity index is 684. The average Bonchev–Trinajstić information content (AvgIpc) is 2.50. The molecule has 0 radical (unpaired) electrons. The molecule has 1 unspecified atom stereocenters. The maximum Gasteiger partial charge on any atom is 0.168 e. The maximum atomic E-state index is 13.9. The van der Waals surface area contributed by atoms with Crippen molar-refractivity contribution in [2.45, 2.75) is 18.9 Å². The summed E-state index contributed by atoms with van der Waals surface area (Å²) in [7, 11) is 0. The summed E-state index contributed by atoms with van der Waals surface area (Å²) in [6.45, 7) is 0.576. The molecule has 0 amide bonds. The van der Waals surface area contributed by atoms with Crippen molar-refractivity contribution in [2.75, 3.05) is 6.61 Å². The summed E-state index contributed by atoms with van der Waals surface area (Å²) in [5, 5.41) is -0.0363. The SMILES string of the molecule is O=C(CC1OCCc2ccccc21)c1cccc(Cl)c1F. The highest BCUT2D eigenvalue weighted by Gasteiger charge is 2.25. The van der Waals surface area contributed by atoms with Gasteiger partial charge in [-0.2, -0.15) is 0 Å². The summed E-state index contributed by atoms with van der Waals surface area (Å²) in [6.07, 6.45) is 0.640. The van der Waals surface area contributed by atoms with E-state index in [1.807, 2.05) is 24.3 Å². The first-order valence-corrected chi connectivity index (χ1v) is 7.21. The number of ether oxygens (including phenoxy) is 1. The molecule has 3 rings (SSSR count). The zero-order valence-corrected chi connectivity index (χ0v) is 12.1. The summed E-state index contributed by atoms with van der Waals surface area (Å²) in [5.74, 6) is -0.954. The summed E-state index contributed by atoms with van der Waals surface area (Å²) in [6, 6.07) is 12.4. The number of carbonyl (C=O) groups excluding carboxylic acids is 1. The Morgan fingerprint density at radius 1 is 1.24 bits per heavy atom. The van der Waals surface area contributed by atoms with Gasteiger partial charge in [0.15, 0.2) is 11.6 Å². The normalized spacial score (nSPS) is 17.3. The van der Waals surface area contributed by atoms with Crippen molar-refractivity contribution >= 4 is 17.4 Å². The van der Waals surface area contributed by atoms with Crippen LogP contribution in [0.3, 0.4) is 0 Å². The summed E-state index contributed by atoms with van der Waals surface area (Å²) < 4.78 is 19.6. The lowest BCUT2D eigenvalue weighted by molar-refractivity contribution is 0.0351. The number of rotatable bonds is 3. The minimum atomic E-state index is -0.659. The first-order valence-electron chi connectivity index (χ1n) is 6.83. The van der Waals surface area contributed by atoms with E-state index in [-0.39, 0.29) is 28.9 Å². The van der Waals surface area contributed by atoms with Crippen molar-refractivity contribution in [3.8, 4) is 0 Å². The lowest BCUT2D eigenvalue weighted by Gasteiger charge is -2.25. The van der Waals surface area contributed by atoms with Gasteiger partial charge in [-0.05, 0) is 29.7 Å². The number of ketones is 1. The summed E-state index contributed by atoms with van der Waals surface area (Å²) >= 11 is 5.72. The van der Waals surface area contributed by atoms with Crippen LogP contribution < -0.4 is 0 Å². The molecule has 0 saturated heterocycles. The number of Topliss-reactive ketones (excluding diaryl/α,β-unsaturated/α-hetero) is 1. The largest absolute Gasteiger partial charge is 0.373 e. The van der Waals surface area contributed by atoms with Crippen molar-refractivity contribution in [3.63, 3.8) is 0 Å². The van der Waals surface area contributed by atoms with Crippen LogP contribution in [0.4, 0.5) is 4.39 Å². The van der Waals surface area contributed by atoms with Gasteiger partial charge in [0.25, 0.3) is 0 Å². The van der Waals surface area contributed by atoms with E-state index in [0.717, 1.165) is 12.0 Å². The van der Waals surface area contributed by atoms with Crippen LogP contribution >= 0.6 is 11.6 Å². The van der Waals surface area contributed by atoms with E-state index in [1.165, 1.54) is 17.7 Å². The topological polar surface area (TPSA) is 26.3 Å². The standard InChI is InChI=1S/C17H14ClFO2/c18-14-7-3-6-13(17(14)19)15(20)10-16-12-5-2-1-4-11(12)8-9-21-16/h1-7,16H,8-10H2. The monoisotopic (exact) mass is 304 g/mol. The molecule has 108 valence electrons. The van der Waals surface area contributed by atoms with E-state index in [1.54, 1.807) is 6.07 Å². The van der Waals surface area contributed by atoms with Crippen molar-refractivity contribution < 1.29 is 13.9 Å². The van der Waals surface area contributed by atoms with Gasteiger partial charge in [0.05, 0.1) is 23.3 Å². The molecule has 1 atom stereocenters. The predicted molar refractivity (Wildman–Crippen MR) is 79.2 cm³/mol. The van der Waals surface area contributed by atoms with Crippen molar-refractivity contribution in [1.82, 2.24) is 0 Å². The molecular weight excluding hydrogens is 291 g/mol. The molecule has 1 aliphatic rings. The predicted octanol–water partition coefficient (Wildman–Crippen LogP) is 4.37. The molecule has 4 heteroatoms. The molecule has 0 bridgehead atoms. The molecule has 2 aromatic carbocycles. The van der Waals surface area contributed by atoms with Gasteiger partial charge in [-0.15, -0.1) is 0 Å². The molecular formula is C17H14ClFO2. The van der Waals surface area contributed by atoms with Crippen LogP contribution in [0.2, 0.25) is 5.02 Å². The highest BCUT2D eigenvalue weighted by atomic mass is 35.5. The molecule has 1 heterocycles. The van der Waals surface area contributed by atoms with Gasteiger partial charge >= 0.3 is 0 Å². The van der Waals surface area contributed by atoms with Gasteiger partial charge in [0, 0.05) is 6.42 Å². The van der Waals surface area contributed by atoms with Crippen LogP contribution in [-0.2, 0) is 11.2 Å². The second-order valence-corrected chi connectivity index (χ2v) is 5.44. The Morgan fingerprint density at radius 3 is 2.90 bits per heavy atom. The number of halogens is 2. The molecule has 0 N–H and O–H groups in total. The second kappa shape index (κ2) is 5.96. The number of fused-ring (bicyclic) bond motifs is 1. The number of benzene rings is 2. The number of carbonyl (C=O) groups is 1. The molecule has 0 spiro atoms. The van der Waals surface area contributed by atoms with Crippen LogP contribution in [0.5, 0.6) is 0 Å². The van der Waals surface area contributed by atoms with E-state index in [2.05, 4.69) is 0 Å². The summed E-state index contributed by atoms with van der Waals surface area (Å²) in [5.41, 5.74) is 2.22. The molecule has 2 nitrogen and oxygen atoms in total. The van der Waals surface area contributed by atoms with Gasteiger partial charge in [-0.3, -0.25) is 4.79 Å². The summed E-state index contributed by atoms with van der Waals surface area (Å²) in [4.78, 5) is 12.3. The van der Waals surface area contributed by atoms with Crippen molar-refractivity contribution in [1.29, 1.82) is 0 Å². The lowest BCUT2D eigenvalue weighted by atomic mass is 9.93. The Kier molecular flexibility index (Phi) is 4.04. The van der Waals surface area contributed by atoms with Crippen LogP contribution in [0.25, 0.3) is 0 Å². The van der Waals surface area contributed by atoms with E-state index < -0.39 is 5.82 Å². The lowest BCUT2D eigenvalue weighted by Crippen LogP contribution is -2.19. The molecule has 1 aliphatic heterocycles. The maximum absolute atomic E-state index is 13.9. The van der Waals surface area contributed by atoms with E-state index in [4.69, 9.17) is 16.3 Å². The highest BCUT2D eigenvalue weighted by molar-refractivity contribution is 6.31. The fourth-order valence-electron chi connectivity index (χ4n) is 2.64. The van der Waals surface area contributed by atoms with E-state index in [0.29, 0.717) is 6.61 Å². The quantitative estimate of drug-likeness (QED) is 0.787. The van der Waals surface area contributed by atoms with Crippen LogP contribution in [0.15, 0.2) is 42.5 Å². The van der Waals surface area contributed by atoms with Gasteiger partial charge in [-0.25, -0.2) is 4.39 Å². The van der Waals surface area contributed by atoms with Gasteiger partial charge < -0.3 is 4.74 Å². The second-order valence-electron chi connectivity index (χ2n) is 5.04. The Morgan fingerprint density at radius 2 is 2.05 bits per heavy atom. The smallest absolute Gasteiger partial charge is 0.168 e. The molecule has 0 saturated carbocycles. The average molecular weight is 305 g/mol. The molecule has 0 aromatic heterocycles. The number of hydrogen-bond acceptors (Lipinski definition) is 2. The fraction of sp³-hybridized carbons (Fsp3) is 0.235. The zero-order chi connectivity index (χ0) is 14.8. The molecule has 0 fully saturated rings. The first-order chi connectivity index (χ1) is 10.2. The molecule has 2 aromatic rings. The minimum absolute atomic E-state index is 0.0224. The van der Waals surface area contributed by atoms with Gasteiger partial charge in [-0.1, -0.05) is 41.9 Å². The molecule has 0 aliphatic carbocycles. The third-order valence-corrected chi connectivity index (χ3v) is 4.01. The Labute approximate surface area is 127 Å². The number of hydrogen-bond donors (Lipinski definition) is 0. The van der Waals surface area contributed by atoms with Crippen molar-refractivity contribution in [3.05, 3.63) is 70.0 Å². The fourth-order valence-corrected chi connectivity index (χ4v) is 2.82. The van der Waals surface area contributed by atoms with Crippen LogP contribution in [0.1, 0.15) is 34.0 Å². The third kappa shape index (κ3) is 2.85. The highest BCUT2D eigenvalue weighted by Crippen LogP contribution is 2.31. The van der Waals surface area contributed by atoms with E-state index >= 15 is 0 Å². The molecule has 21 heavy (non-hydrogen) atoms. The van der Waals surface area contributed by atoms with Gasteiger partial charge in [0.1, 0.15) is 0 Å². The van der Waals surface area contributed by atoms with Crippen molar-refractivity contribution in [2.24, 2.45) is 0 Å². The van der Waals surface area contributed by atoms with Crippen LogP contribution in [0, 0.1) is 5.82 Å². The Balaban J connectivity index is 1.85.